The average Bonchev–Trinajstić information content (AvgIpc) is 3.33. The third-order valence-electron chi connectivity index (χ3n) is 4.89. The molecular formula is C24H22N4O4S. The fraction of sp³-hybridized carbons (Fsp3) is 0.167. The maximum atomic E-state index is 12.9. The number of aromatic nitrogens is 2. The zero-order chi connectivity index (χ0) is 24.1. The number of nitrogens with zero attached hydrogens (tertiary/aromatic N) is 3. The van der Waals surface area contributed by atoms with Crippen molar-refractivity contribution < 1.29 is 9.47 Å². The second-order valence-electron chi connectivity index (χ2n) is 6.83. The number of methoxy groups -OCH3 is 2. The highest BCUT2D eigenvalue weighted by Gasteiger charge is 2.21. The van der Waals surface area contributed by atoms with Crippen LogP contribution in [0.5, 0.6) is 11.5 Å². The molecule has 2 heterocycles. The number of rotatable bonds is 6. The van der Waals surface area contributed by atoms with E-state index in [1.54, 1.807) is 32.4 Å². The van der Waals surface area contributed by atoms with Crippen LogP contribution in [0.4, 0.5) is 11.5 Å². The van der Waals surface area contributed by atoms with Crippen molar-refractivity contribution in [1.82, 2.24) is 9.13 Å². The van der Waals surface area contributed by atoms with Gasteiger partial charge in [0.25, 0.3) is 5.56 Å². The van der Waals surface area contributed by atoms with Crippen LogP contribution in [-0.4, -0.2) is 30.4 Å². The Morgan fingerprint density at radius 2 is 1.97 bits per heavy atom. The van der Waals surface area contributed by atoms with Crippen LogP contribution in [-0.2, 0) is 6.54 Å². The second kappa shape index (κ2) is 9.86. The zero-order valence-corrected chi connectivity index (χ0v) is 19.2. The highest BCUT2D eigenvalue weighted by Crippen LogP contribution is 2.27. The molecule has 168 valence electrons. The van der Waals surface area contributed by atoms with Crippen molar-refractivity contribution in [3.8, 4) is 35.8 Å². The molecule has 0 atom stereocenters. The fourth-order valence-electron chi connectivity index (χ4n) is 3.08. The summed E-state index contributed by atoms with van der Waals surface area (Å²) in [6.07, 6.45) is 5.44. The van der Waals surface area contributed by atoms with E-state index in [0.29, 0.717) is 21.6 Å². The lowest BCUT2D eigenvalue weighted by Crippen LogP contribution is -2.42. The number of nitrogen functional groups attached to an aromatic ring is 1. The molecule has 2 aromatic heterocycles. The van der Waals surface area contributed by atoms with Crippen molar-refractivity contribution in [2.75, 3.05) is 31.9 Å². The lowest BCUT2D eigenvalue weighted by atomic mass is 10.2. The summed E-state index contributed by atoms with van der Waals surface area (Å²) in [5.74, 6) is 6.95. The number of terminal acetylenes is 1. The zero-order valence-electron chi connectivity index (χ0n) is 18.4. The topological polar surface area (TPSA) is 91.7 Å². The monoisotopic (exact) mass is 462 g/mol. The molecule has 3 aromatic rings. The highest BCUT2D eigenvalue weighted by molar-refractivity contribution is 7.07. The molecule has 0 saturated heterocycles. The lowest BCUT2D eigenvalue weighted by Gasteiger charge is -2.22. The molecule has 33 heavy (non-hydrogen) atoms. The molecule has 0 fully saturated rings. The number of hydrogen-bond donors (Lipinski definition) is 1. The summed E-state index contributed by atoms with van der Waals surface area (Å²) in [7, 11) is 4.66. The lowest BCUT2D eigenvalue weighted by molar-refractivity contribution is 0.355. The number of nitrogens with two attached hydrogens (primary N) is 1. The smallest absolute Gasteiger partial charge is 0.345 e. The van der Waals surface area contributed by atoms with Gasteiger partial charge in [-0.05, 0) is 46.5 Å². The Hall–Kier alpha value is -4.34. The number of anilines is 2. The Morgan fingerprint density at radius 1 is 1.24 bits per heavy atom. The van der Waals surface area contributed by atoms with Gasteiger partial charge < -0.3 is 20.1 Å². The van der Waals surface area contributed by atoms with E-state index in [-0.39, 0.29) is 23.7 Å². The molecular weight excluding hydrogens is 440 g/mol. The number of allylic oxidation sites excluding steroid dienone is 1. The van der Waals surface area contributed by atoms with Gasteiger partial charge in [-0.1, -0.05) is 18.9 Å². The van der Waals surface area contributed by atoms with Gasteiger partial charge in [0.1, 0.15) is 11.5 Å². The first-order valence-electron chi connectivity index (χ1n) is 9.62. The van der Waals surface area contributed by atoms with Crippen molar-refractivity contribution >= 4 is 22.8 Å². The quantitative estimate of drug-likeness (QED) is 0.565. The Morgan fingerprint density at radius 3 is 2.58 bits per heavy atom. The molecule has 0 aliphatic carbocycles. The Bertz CT molecular complexity index is 1420. The summed E-state index contributed by atoms with van der Waals surface area (Å²) in [6.45, 7) is 4.11. The first-order chi connectivity index (χ1) is 15.8. The van der Waals surface area contributed by atoms with Crippen molar-refractivity contribution in [1.29, 1.82) is 0 Å². The number of ether oxygens (including phenoxy) is 2. The first kappa shape index (κ1) is 23.3. The van der Waals surface area contributed by atoms with Gasteiger partial charge in [0.05, 0.1) is 26.5 Å². The third-order valence-corrected chi connectivity index (χ3v) is 5.62. The van der Waals surface area contributed by atoms with Crippen LogP contribution in [0.3, 0.4) is 0 Å². The molecule has 0 amide bonds. The van der Waals surface area contributed by atoms with Gasteiger partial charge in [-0.15, -0.1) is 0 Å². The van der Waals surface area contributed by atoms with Gasteiger partial charge >= 0.3 is 5.69 Å². The predicted molar refractivity (Wildman–Crippen MR) is 131 cm³/mol. The van der Waals surface area contributed by atoms with E-state index in [4.69, 9.17) is 21.6 Å². The number of thiophene rings is 1. The van der Waals surface area contributed by atoms with Gasteiger partial charge in [-0.2, -0.15) is 15.9 Å². The Kier molecular flexibility index (Phi) is 6.97. The van der Waals surface area contributed by atoms with Crippen LogP contribution in [0.15, 0.2) is 56.9 Å². The molecule has 0 saturated carbocycles. The Labute approximate surface area is 195 Å². The molecule has 1 aromatic carbocycles. The van der Waals surface area contributed by atoms with Gasteiger partial charge in [0.2, 0.25) is 0 Å². The summed E-state index contributed by atoms with van der Waals surface area (Å²) < 4.78 is 12.5. The van der Waals surface area contributed by atoms with Crippen LogP contribution in [0, 0.1) is 24.3 Å². The molecule has 3 rings (SSSR count). The van der Waals surface area contributed by atoms with Gasteiger partial charge in [-0.25, -0.2) is 4.79 Å². The van der Waals surface area contributed by atoms with Crippen molar-refractivity contribution in [2.24, 2.45) is 0 Å². The first-order valence-corrected chi connectivity index (χ1v) is 10.6. The predicted octanol–water partition coefficient (Wildman–Crippen LogP) is 2.16. The number of benzene rings is 1. The summed E-state index contributed by atoms with van der Waals surface area (Å²) in [6, 6.07) is 9.21. The summed E-state index contributed by atoms with van der Waals surface area (Å²) in [5.41, 5.74) is 6.64. The highest BCUT2D eigenvalue weighted by atomic mass is 32.1. The van der Waals surface area contributed by atoms with E-state index in [0.717, 1.165) is 5.56 Å². The minimum atomic E-state index is -0.724. The maximum absolute atomic E-state index is 12.9. The van der Waals surface area contributed by atoms with Crippen LogP contribution in [0.2, 0.25) is 0 Å². The van der Waals surface area contributed by atoms with E-state index in [9.17, 15) is 9.59 Å². The SMILES string of the molecule is C#Cn1c(=O)c(N(C)C(=C)C#Cc2ccc(OC)c(OC)c2)c(N)n(Cc2ccsc2)c1=O. The van der Waals surface area contributed by atoms with E-state index >= 15 is 0 Å². The van der Waals surface area contributed by atoms with Crippen molar-refractivity contribution in [3.05, 3.63) is 79.3 Å². The van der Waals surface area contributed by atoms with Crippen LogP contribution in [0.25, 0.3) is 0 Å². The van der Waals surface area contributed by atoms with Gasteiger partial charge in [0.15, 0.2) is 11.5 Å². The minimum absolute atomic E-state index is 0.00870. The summed E-state index contributed by atoms with van der Waals surface area (Å²) in [5, 5.41) is 3.76. The Balaban J connectivity index is 2.02. The van der Waals surface area contributed by atoms with E-state index < -0.39 is 11.2 Å². The molecule has 0 radical (unpaired) electrons. The average molecular weight is 463 g/mol. The molecule has 2 N–H and O–H groups in total. The second-order valence-corrected chi connectivity index (χ2v) is 7.61. The number of hydrogen-bond acceptors (Lipinski definition) is 7. The van der Waals surface area contributed by atoms with Crippen molar-refractivity contribution in [3.63, 3.8) is 0 Å². The standard InChI is InChI=1S/C24H22N4O4S/c1-6-27-23(29)21(22(25)28(24(27)30)14-18-11-12-33-15-18)26(3)16(2)7-8-17-9-10-19(31-4)20(13-17)32-5/h1,9-13,15H,2,14,25H2,3-5H3. The van der Waals surface area contributed by atoms with E-state index in [2.05, 4.69) is 24.5 Å². The van der Waals surface area contributed by atoms with Crippen LogP contribution in [0.1, 0.15) is 11.1 Å². The normalized spacial score (nSPS) is 10.0. The maximum Gasteiger partial charge on any atom is 0.345 e. The molecule has 0 aliphatic heterocycles. The molecule has 0 aliphatic rings. The molecule has 0 spiro atoms. The fourth-order valence-corrected chi connectivity index (χ4v) is 3.74. The van der Waals surface area contributed by atoms with Gasteiger partial charge in [-0.3, -0.25) is 9.36 Å². The minimum Gasteiger partial charge on any atom is -0.493 e. The summed E-state index contributed by atoms with van der Waals surface area (Å²) >= 11 is 1.48. The molecule has 9 heteroatoms. The molecule has 0 bridgehead atoms. The van der Waals surface area contributed by atoms with Crippen molar-refractivity contribution in [2.45, 2.75) is 6.54 Å². The van der Waals surface area contributed by atoms with E-state index in [1.807, 2.05) is 16.8 Å². The van der Waals surface area contributed by atoms with E-state index in [1.165, 1.54) is 27.9 Å². The van der Waals surface area contributed by atoms with Crippen LogP contribution < -0.4 is 31.4 Å². The molecule has 0 unspecified atom stereocenters. The summed E-state index contributed by atoms with van der Waals surface area (Å²) in [4.78, 5) is 27.1. The van der Waals surface area contributed by atoms with Gasteiger partial charge in [0, 0.05) is 18.7 Å². The largest absolute Gasteiger partial charge is 0.493 e. The van der Waals surface area contributed by atoms with Crippen LogP contribution >= 0.6 is 11.3 Å². The third kappa shape index (κ3) is 4.64. The molecule has 8 nitrogen and oxygen atoms in total.